The van der Waals surface area contributed by atoms with Crippen LogP contribution in [0.2, 0.25) is 0 Å². The first-order valence-corrected chi connectivity index (χ1v) is 19.3. The molecule has 9 aromatic carbocycles. The van der Waals surface area contributed by atoms with E-state index < -0.39 is 0 Å². The molecule has 0 unspecified atom stereocenters. The summed E-state index contributed by atoms with van der Waals surface area (Å²) in [7, 11) is 0. The van der Waals surface area contributed by atoms with Gasteiger partial charge in [-0.3, -0.25) is 0 Å². The van der Waals surface area contributed by atoms with Crippen LogP contribution in [0.5, 0.6) is 0 Å². The molecule has 56 heavy (non-hydrogen) atoms. The second-order valence-electron chi connectivity index (χ2n) is 14.5. The third-order valence-corrected chi connectivity index (χ3v) is 11.3. The van der Waals surface area contributed by atoms with Crippen molar-refractivity contribution in [1.82, 2.24) is 9.13 Å². The van der Waals surface area contributed by atoms with E-state index >= 15 is 0 Å². The summed E-state index contributed by atoms with van der Waals surface area (Å²) < 4.78 is 4.86. The minimum Gasteiger partial charge on any atom is -0.309 e. The Balaban J connectivity index is 1.05. The third kappa shape index (κ3) is 5.26. The molecule has 11 aromatic rings. The molecule has 0 aliphatic carbocycles. The molecule has 0 atom stereocenters. The van der Waals surface area contributed by atoms with Crippen LogP contribution in [0.4, 0.5) is 0 Å². The van der Waals surface area contributed by atoms with Gasteiger partial charge in [-0.15, -0.1) is 0 Å². The lowest BCUT2D eigenvalue weighted by molar-refractivity contribution is 1.18. The van der Waals surface area contributed by atoms with Gasteiger partial charge in [-0.2, -0.15) is 0 Å². The van der Waals surface area contributed by atoms with Gasteiger partial charge in [0.15, 0.2) is 0 Å². The molecule has 0 radical (unpaired) electrons. The van der Waals surface area contributed by atoms with E-state index in [1.165, 1.54) is 93.8 Å². The highest BCUT2D eigenvalue weighted by Crippen LogP contribution is 2.40. The maximum Gasteiger partial charge on any atom is 0.0547 e. The fourth-order valence-corrected chi connectivity index (χ4v) is 8.68. The zero-order chi connectivity index (χ0) is 37.0. The molecule has 0 saturated heterocycles. The number of hydrogen-bond acceptors (Lipinski definition) is 0. The topological polar surface area (TPSA) is 9.86 Å². The molecule has 11 rings (SSSR count). The Kier molecular flexibility index (Phi) is 7.53. The average Bonchev–Trinajstić information content (AvgIpc) is 3.79. The van der Waals surface area contributed by atoms with Crippen molar-refractivity contribution in [2.75, 3.05) is 0 Å². The van der Waals surface area contributed by atoms with Crippen LogP contribution in [-0.2, 0) is 0 Å². The van der Waals surface area contributed by atoms with E-state index in [1.54, 1.807) is 0 Å². The summed E-state index contributed by atoms with van der Waals surface area (Å²) in [6, 6.07) is 79.4. The predicted molar refractivity (Wildman–Crippen MR) is 237 cm³/mol. The molecule has 0 fully saturated rings. The van der Waals surface area contributed by atoms with Gasteiger partial charge in [-0.1, -0.05) is 164 Å². The highest BCUT2D eigenvalue weighted by Gasteiger charge is 2.18. The Hall–Kier alpha value is -7.42. The largest absolute Gasteiger partial charge is 0.309 e. The van der Waals surface area contributed by atoms with Gasteiger partial charge in [0.05, 0.1) is 27.8 Å². The van der Waals surface area contributed by atoms with Crippen molar-refractivity contribution in [3.8, 4) is 55.9 Å². The van der Waals surface area contributed by atoms with Crippen molar-refractivity contribution >= 4 is 43.6 Å². The van der Waals surface area contributed by atoms with E-state index in [-0.39, 0.29) is 0 Å². The minimum absolute atomic E-state index is 1.15. The summed E-state index contributed by atoms with van der Waals surface area (Å²) in [6.45, 7) is 0. The first-order chi connectivity index (χ1) is 27.8. The Morgan fingerprint density at radius 3 is 1.48 bits per heavy atom. The Labute approximate surface area is 325 Å². The number of hydrogen-bond donors (Lipinski definition) is 0. The number of para-hydroxylation sites is 3. The van der Waals surface area contributed by atoms with Crippen molar-refractivity contribution in [2.45, 2.75) is 0 Å². The van der Waals surface area contributed by atoms with Crippen LogP contribution in [0.1, 0.15) is 0 Å². The van der Waals surface area contributed by atoms with Gasteiger partial charge < -0.3 is 9.13 Å². The van der Waals surface area contributed by atoms with Crippen molar-refractivity contribution in [3.63, 3.8) is 0 Å². The number of rotatable bonds is 6. The van der Waals surface area contributed by atoms with E-state index in [0.29, 0.717) is 0 Å². The van der Waals surface area contributed by atoms with Crippen molar-refractivity contribution < 1.29 is 0 Å². The second-order valence-corrected chi connectivity index (χ2v) is 14.5. The molecular formula is C54H36N2. The zero-order valence-electron chi connectivity index (χ0n) is 30.7. The second kappa shape index (κ2) is 13.2. The molecule has 0 saturated carbocycles. The highest BCUT2D eigenvalue weighted by atomic mass is 15.0. The fourth-order valence-electron chi connectivity index (χ4n) is 8.68. The van der Waals surface area contributed by atoms with Crippen LogP contribution in [0.25, 0.3) is 99.5 Å². The monoisotopic (exact) mass is 712 g/mol. The Morgan fingerprint density at radius 1 is 0.232 bits per heavy atom. The summed E-state index contributed by atoms with van der Waals surface area (Å²) >= 11 is 0. The van der Waals surface area contributed by atoms with E-state index in [4.69, 9.17) is 0 Å². The van der Waals surface area contributed by atoms with Crippen molar-refractivity contribution in [1.29, 1.82) is 0 Å². The summed E-state index contributed by atoms with van der Waals surface area (Å²) in [5, 5.41) is 4.99. The van der Waals surface area contributed by atoms with Crippen molar-refractivity contribution in [3.05, 3.63) is 218 Å². The lowest BCUT2D eigenvalue weighted by Gasteiger charge is -2.15. The van der Waals surface area contributed by atoms with Crippen molar-refractivity contribution in [2.24, 2.45) is 0 Å². The maximum atomic E-state index is 2.44. The molecule has 0 aliphatic rings. The summed E-state index contributed by atoms with van der Waals surface area (Å²) in [5.74, 6) is 0. The molecule has 2 nitrogen and oxygen atoms in total. The normalized spacial score (nSPS) is 11.6. The summed E-state index contributed by atoms with van der Waals surface area (Å²) in [5.41, 5.74) is 16.8. The number of aromatic nitrogens is 2. The molecule has 2 heteroatoms. The summed E-state index contributed by atoms with van der Waals surface area (Å²) in [6.07, 6.45) is 0. The quantitative estimate of drug-likeness (QED) is 0.162. The molecule has 2 heterocycles. The van der Waals surface area contributed by atoms with Gasteiger partial charge in [0.25, 0.3) is 0 Å². The molecule has 0 amide bonds. The van der Waals surface area contributed by atoms with Gasteiger partial charge >= 0.3 is 0 Å². The van der Waals surface area contributed by atoms with E-state index in [2.05, 4.69) is 228 Å². The number of benzene rings is 9. The molecule has 262 valence electrons. The lowest BCUT2D eigenvalue weighted by atomic mass is 9.98. The minimum atomic E-state index is 1.15. The average molecular weight is 713 g/mol. The van der Waals surface area contributed by atoms with Crippen LogP contribution in [0.3, 0.4) is 0 Å². The number of nitrogens with zero attached hydrogens (tertiary/aromatic N) is 2. The van der Waals surface area contributed by atoms with Crippen LogP contribution < -0.4 is 0 Å². The molecular weight excluding hydrogens is 677 g/mol. The smallest absolute Gasteiger partial charge is 0.0547 e. The van der Waals surface area contributed by atoms with Gasteiger partial charge in [0, 0.05) is 32.8 Å². The fraction of sp³-hybridized carbons (Fsp3) is 0. The molecule has 0 bridgehead atoms. The molecule has 0 N–H and O–H groups in total. The Morgan fingerprint density at radius 2 is 0.714 bits per heavy atom. The summed E-state index contributed by atoms with van der Waals surface area (Å²) in [4.78, 5) is 0. The van der Waals surface area contributed by atoms with Crippen LogP contribution in [-0.4, -0.2) is 9.13 Å². The first kappa shape index (κ1) is 32.0. The first-order valence-electron chi connectivity index (χ1n) is 19.3. The van der Waals surface area contributed by atoms with E-state index in [9.17, 15) is 0 Å². The third-order valence-electron chi connectivity index (χ3n) is 11.3. The molecule has 0 aliphatic heterocycles. The van der Waals surface area contributed by atoms with Gasteiger partial charge in [0.2, 0.25) is 0 Å². The van der Waals surface area contributed by atoms with E-state index in [1.807, 2.05) is 0 Å². The maximum absolute atomic E-state index is 2.44. The van der Waals surface area contributed by atoms with Crippen LogP contribution in [0, 0.1) is 0 Å². The highest BCUT2D eigenvalue weighted by molar-refractivity contribution is 6.12. The number of fused-ring (bicyclic) bond motifs is 6. The SMILES string of the molecule is c1ccc(-c2ccc(-n3c4ccccc4c4ccc(-c5ccc6c(c5)c5ccccc5n6-c5ccccc5-c5cccc(-c6ccccc6)c5)cc43)cc2)cc1. The standard InChI is InChI=1S/C54H36N2/c1-3-14-37(15-4-1)39-26-30-44(31-27-39)55-51-24-11-8-21-46(51)48-32-28-42(36-54(48)55)41-29-33-53-49(35-41)47-22-9-12-25-52(47)56(53)50-23-10-7-20-45(50)43-19-13-18-40(34-43)38-16-5-2-6-17-38/h1-36H. The van der Waals surface area contributed by atoms with Crippen LogP contribution in [0.15, 0.2) is 218 Å². The molecule has 0 spiro atoms. The zero-order valence-corrected chi connectivity index (χ0v) is 30.7. The molecule has 2 aromatic heterocycles. The van der Waals surface area contributed by atoms with E-state index in [0.717, 1.165) is 5.69 Å². The predicted octanol–water partition coefficient (Wildman–Crippen LogP) is 14.5. The van der Waals surface area contributed by atoms with Gasteiger partial charge in [-0.25, -0.2) is 0 Å². The van der Waals surface area contributed by atoms with Crippen LogP contribution >= 0.6 is 0 Å². The lowest BCUT2D eigenvalue weighted by Crippen LogP contribution is -1.97. The van der Waals surface area contributed by atoms with Gasteiger partial charge in [-0.05, 0) is 93.5 Å². The Bertz CT molecular complexity index is 3220. The van der Waals surface area contributed by atoms with Gasteiger partial charge in [0.1, 0.15) is 0 Å².